The van der Waals surface area contributed by atoms with Gasteiger partial charge in [-0.3, -0.25) is 14.0 Å². The molecular formula is C52H38EuF7NO5P2. The van der Waals surface area contributed by atoms with E-state index in [0.29, 0.717) is 10.8 Å². The molecule has 7 aromatic carbocycles. The Hall–Kier alpha value is -5.49. The number of fused-ring (bicyclic) bond motifs is 3. The maximum absolute atomic E-state index is 14.0. The summed E-state index contributed by atoms with van der Waals surface area (Å²) in [6.07, 6.45) is -6.77. The number of para-hydroxylation sites is 2. The van der Waals surface area contributed by atoms with Crippen LogP contribution in [0, 0.1) is 49.4 Å². The molecule has 9 rings (SSSR count). The summed E-state index contributed by atoms with van der Waals surface area (Å²) in [6, 6.07) is 58.2. The molecule has 1 radical (unpaired) electrons. The maximum atomic E-state index is 14.0. The minimum absolute atomic E-state index is 0. The molecule has 0 atom stereocenters. The van der Waals surface area contributed by atoms with Crippen LogP contribution in [0.25, 0.3) is 27.2 Å². The first-order valence-electron chi connectivity index (χ1n) is 20.3. The van der Waals surface area contributed by atoms with Gasteiger partial charge in [-0.25, -0.2) is 0 Å². The minimum Gasteiger partial charge on any atom is -0.506 e. The van der Waals surface area contributed by atoms with Gasteiger partial charge in [-0.2, -0.15) is 30.7 Å². The van der Waals surface area contributed by atoms with Crippen molar-refractivity contribution in [1.82, 2.24) is 4.40 Å². The van der Waals surface area contributed by atoms with E-state index in [1.54, 1.807) is 12.1 Å². The fourth-order valence-corrected chi connectivity index (χ4v) is 12.7. The average molecular weight is 1100 g/mol. The largest absolute Gasteiger partial charge is 0.506 e. The van der Waals surface area contributed by atoms with Crippen molar-refractivity contribution in [2.24, 2.45) is 0 Å². The molecule has 68 heavy (non-hydrogen) atoms. The summed E-state index contributed by atoms with van der Waals surface area (Å²) in [7, 11) is -5.47. The number of hydrogen-bond acceptors (Lipinski definition) is 5. The van der Waals surface area contributed by atoms with Gasteiger partial charge in [0, 0.05) is 92.1 Å². The van der Waals surface area contributed by atoms with E-state index in [-0.39, 0.29) is 65.8 Å². The number of halogens is 7. The Morgan fingerprint density at radius 3 is 1.28 bits per heavy atom. The summed E-state index contributed by atoms with van der Waals surface area (Å²) in [5.74, 6) is -17.6. The summed E-state index contributed by atoms with van der Waals surface area (Å²) in [4.78, 5) is 25.0. The van der Waals surface area contributed by atoms with Gasteiger partial charge in [0.1, 0.15) is 11.3 Å². The SMILES string of the molecule is C=C(C)P(=O)(c1ccccc1)c1ccccc1.O=C(c1c(O)c2cccc3c4ccccc4n(c1=O)c23)C(F)(F)C(F)(F)C(F)(F)F.O=P(c1ccccc1)(c1ccccc1)c1ccccc1.[Eu]. The third kappa shape index (κ3) is 9.34. The summed E-state index contributed by atoms with van der Waals surface area (Å²) in [5, 5.41) is 15.8. The first-order valence-corrected chi connectivity index (χ1v) is 23.7. The number of hydrogen-bond donors (Lipinski definition) is 1. The normalized spacial score (nSPS) is 12.1. The molecule has 0 aliphatic rings. The predicted molar refractivity (Wildman–Crippen MR) is 252 cm³/mol. The van der Waals surface area contributed by atoms with E-state index in [2.05, 4.69) is 6.58 Å². The first-order chi connectivity index (χ1) is 31.8. The molecule has 347 valence electrons. The molecule has 6 nitrogen and oxygen atoms in total. The molecule has 2 aromatic heterocycles. The maximum Gasteiger partial charge on any atom is 0.460 e. The van der Waals surface area contributed by atoms with E-state index < -0.39 is 55.0 Å². The van der Waals surface area contributed by atoms with Crippen LogP contribution in [0.2, 0.25) is 0 Å². The van der Waals surface area contributed by atoms with Gasteiger partial charge >= 0.3 is 18.0 Å². The number of rotatable bonds is 9. The molecule has 0 amide bonds. The second-order valence-corrected chi connectivity index (χ2v) is 21.0. The van der Waals surface area contributed by atoms with Crippen LogP contribution in [0.4, 0.5) is 30.7 Å². The van der Waals surface area contributed by atoms with Crippen LogP contribution in [-0.4, -0.2) is 33.3 Å². The van der Waals surface area contributed by atoms with Gasteiger partial charge in [0.05, 0.1) is 11.0 Å². The van der Waals surface area contributed by atoms with Crippen LogP contribution in [0.3, 0.4) is 0 Å². The molecular weight excluding hydrogens is 1070 g/mol. The molecule has 0 saturated carbocycles. The fourth-order valence-electron chi connectivity index (χ4n) is 7.68. The minimum atomic E-state index is -6.77. The van der Waals surface area contributed by atoms with Gasteiger partial charge in [-0.15, -0.1) is 0 Å². The zero-order chi connectivity index (χ0) is 48.4. The van der Waals surface area contributed by atoms with Crippen molar-refractivity contribution in [3.8, 4) is 5.75 Å². The second kappa shape index (κ2) is 20.6. The molecule has 0 bridgehead atoms. The quantitative estimate of drug-likeness (QED) is 0.0883. The molecule has 0 unspecified atom stereocenters. The van der Waals surface area contributed by atoms with Crippen molar-refractivity contribution in [2.75, 3.05) is 0 Å². The Balaban J connectivity index is 0.000000175. The number of pyridine rings is 1. The van der Waals surface area contributed by atoms with Crippen molar-refractivity contribution < 1.29 is 99.1 Å². The zero-order valence-corrected chi connectivity index (χ0v) is 39.8. The van der Waals surface area contributed by atoms with Crippen molar-refractivity contribution in [3.05, 3.63) is 222 Å². The molecule has 0 saturated heterocycles. The number of aromatic nitrogens is 1. The number of aromatic hydroxyl groups is 1. The van der Waals surface area contributed by atoms with Crippen LogP contribution in [0.5, 0.6) is 5.75 Å². The molecule has 0 spiro atoms. The van der Waals surface area contributed by atoms with E-state index in [0.717, 1.165) is 42.3 Å². The first kappa shape index (κ1) is 51.9. The number of Topliss-reactive ketones (excluding diaryl/α,β-unsaturated/α-hetero) is 1. The Labute approximate surface area is 426 Å². The van der Waals surface area contributed by atoms with Gasteiger partial charge < -0.3 is 14.2 Å². The van der Waals surface area contributed by atoms with Crippen molar-refractivity contribution in [1.29, 1.82) is 0 Å². The average Bonchev–Trinajstić information content (AvgIpc) is 3.69. The van der Waals surface area contributed by atoms with Crippen molar-refractivity contribution >= 4 is 73.8 Å². The van der Waals surface area contributed by atoms with E-state index >= 15 is 0 Å². The smallest absolute Gasteiger partial charge is 0.460 e. The summed E-state index contributed by atoms with van der Waals surface area (Å²) in [5.41, 5.74) is -3.40. The topological polar surface area (TPSA) is 92.9 Å². The van der Waals surface area contributed by atoms with E-state index in [4.69, 9.17) is 0 Å². The fraction of sp³-hybridized carbons (Fsp3) is 0.0769. The number of carbonyl (C=O) groups is 1. The number of allylic oxidation sites excluding steroid dienone is 1. The Kier molecular flexibility index (Phi) is 15.7. The third-order valence-electron chi connectivity index (χ3n) is 11.0. The Morgan fingerprint density at radius 1 is 0.529 bits per heavy atom. The molecule has 0 aliphatic heterocycles. The molecule has 9 aromatic rings. The number of benzene rings is 7. The van der Waals surface area contributed by atoms with Crippen molar-refractivity contribution in [2.45, 2.75) is 24.9 Å². The number of ketones is 1. The summed E-state index contributed by atoms with van der Waals surface area (Å²) in [6.45, 7) is 5.75. The molecule has 0 fully saturated rings. The predicted octanol–water partition coefficient (Wildman–Crippen LogP) is 11.6. The van der Waals surface area contributed by atoms with Crippen LogP contribution >= 0.6 is 14.3 Å². The van der Waals surface area contributed by atoms with Crippen LogP contribution < -0.4 is 32.1 Å². The van der Waals surface area contributed by atoms with Crippen LogP contribution in [0.1, 0.15) is 17.3 Å². The second-order valence-electron chi connectivity index (χ2n) is 15.2. The van der Waals surface area contributed by atoms with Crippen LogP contribution in [0.15, 0.2) is 211 Å². The molecule has 1 N–H and O–H groups in total. The Morgan fingerprint density at radius 2 is 0.882 bits per heavy atom. The van der Waals surface area contributed by atoms with Crippen LogP contribution in [-0.2, 0) is 9.13 Å². The monoisotopic (exact) mass is 1100 g/mol. The van der Waals surface area contributed by atoms with Gasteiger partial charge in [0.2, 0.25) is 5.78 Å². The van der Waals surface area contributed by atoms with E-state index in [1.165, 1.54) is 24.3 Å². The molecule has 2 heterocycles. The molecule has 0 aliphatic carbocycles. The van der Waals surface area contributed by atoms with Gasteiger partial charge in [0.15, 0.2) is 14.3 Å². The summed E-state index contributed by atoms with van der Waals surface area (Å²) < 4.78 is 120. The van der Waals surface area contributed by atoms with Crippen molar-refractivity contribution in [3.63, 3.8) is 0 Å². The third-order valence-corrected chi connectivity index (χ3v) is 17.2. The van der Waals surface area contributed by atoms with Gasteiger partial charge in [0.25, 0.3) is 5.56 Å². The number of nitrogens with zero attached hydrogens (tertiary/aromatic N) is 1. The van der Waals surface area contributed by atoms with Gasteiger partial charge in [-0.05, 0) is 24.4 Å². The van der Waals surface area contributed by atoms with E-state index in [1.807, 2.05) is 159 Å². The number of carbonyl (C=O) groups excluding carboxylic acids is 1. The molecule has 16 heteroatoms. The standard InChI is InChI=1S/C19H8F7NO3.C18H15OP.C15H15OP.Eu/c20-17(21,18(22,23)19(24,25)26)15(29)12-14(28)10-6-3-5-9-8-4-1-2-7-11(8)27(13(9)10)16(12)30;19-20(16-10-4-1-5-11-16,17-12-6-2-7-13-17)18-14-8-3-9-15-18;1-13(2)17(16,14-9-5-3-6-10-14)15-11-7-4-8-12-15;/h1-7,28H;1-15H;3-12H,1H2,2H3;. The Bertz CT molecular complexity index is 3230. The zero-order valence-electron chi connectivity index (χ0n) is 35.6. The van der Waals surface area contributed by atoms with Gasteiger partial charge in [-0.1, -0.05) is 189 Å². The van der Waals surface area contributed by atoms with E-state index in [9.17, 15) is 54.6 Å². The number of alkyl halides is 7. The summed E-state index contributed by atoms with van der Waals surface area (Å²) >= 11 is 0.